The number of rotatable bonds is 1. The van der Waals surface area contributed by atoms with Crippen molar-refractivity contribution in [1.82, 2.24) is 4.98 Å². The predicted octanol–water partition coefficient (Wildman–Crippen LogP) is 2.82. The number of fused-ring (bicyclic) bond motifs is 3. The topological polar surface area (TPSA) is 88.3 Å². The summed E-state index contributed by atoms with van der Waals surface area (Å²) in [5, 5.41) is 4.58. The summed E-state index contributed by atoms with van der Waals surface area (Å²) in [5.41, 5.74) is 8.26. The highest BCUT2D eigenvalue weighted by Gasteiger charge is 2.28. The number of benzene rings is 2. The van der Waals surface area contributed by atoms with Crippen molar-refractivity contribution in [2.75, 3.05) is 16.0 Å². The van der Waals surface area contributed by atoms with E-state index in [9.17, 15) is 9.59 Å². The molecule has 3 aromatic rings. The number of carbonyl (C=O) groups is 2. The molecule has 1 aliphatic rings. The molecule has 0 unspecified atom stereocenters. The monoisotopic (exact) mass is 318 g/mol. The van der Waals surface area contributed by atoms with Gasteiger partial charge in [0, 0.05) is 34.5 Å². The molecule has 1 aromatic heterocycles. The number of aromatic nitrogens is 1. The predicted molar refractivity (Wildman–Crippen MR) is 93.0 cm³/mol. The van der Waals surface area contributed by atoms with E-state index in [-0.39, 0.29) is 18.2 Å². The molecule has 6 nitrogen and oxygen atoms in total. The number of hydrogen-bond donors (Lipinski definition) is 2. The molecule has 3 N–H and O–H groups in total. The Morgan fingerprint density at radius 2 is 1.83 bits per heavy atom. The number of nitrogen functional groups attached to an aromatic ring is 1. The number of pyridine rings is 1. The maximum Gasteiger partial charge on any atom is 0.241 e. The first-order chi connectivity index (χ1) is 11.6. The minimum Gasteiger partial charge on any atom is -0.399 e. The summed E-state index contributed by atoms with van der Waals surface area (Å²) in [5.74, 6) is -0.618. The molecule has 0 atom stereocenters. The van der Waals surface area contributed by atoms with Crippen molar-refractivity contribution in [1.29, 1.82) is 0 Å². The second-order valence-corrected chi connectivity index (χ2v) is 5.60. The fraction of sp³-hybridized carbons (Fsp3) is 0.0556. The zero-order chi connectivity index (χ0) is 16.7. The van der Waals surface area contributed by atoms with Crippen LogP contribution in [0.3, 0.4) is 0 Å². The van der Waals surface area contributed by atoms with Crippen LogP contribution in [0.2, 0.25) is 0 Å². The smallest absolute Gasteiger partial charge is 0.241 e. The van der Waals surface area contributed by atoms with Crippen LogP contribution >= 0.6 is 0 Å². The van der Waals surface area contributed by atoms with Gasteiger partial charge >= 0.3 is 0 Å². The highest BCUT2D eigenvalue weighted by molar-refractivity contribution is 6.21. The van der Waals surface area contributed by atoms with Crippen LogP contribution < -0.4 is 16.0 Å². The summed E-state index contributed by atoms with van der Waals surface area (Å²) in [7, 11) is 0. The van der Waals surface area contributed by atoms with Gasteiger partial charge < -0.3 is 11.1 Å². The molecule has 6 heteroatoms. The first kappa shape index (κ1) is 14.2. The lowest BCUT2D eigenvalue weighted by Gasteiger charge is -2.23. The van der Waals surface area contributed by atoms with E-state index in [0.29, 0.717) is 22.7 Å². The number of anilines is 4. The number of carbonyl (C=O) groups excluding carboxylic acids is 2. The van der Waals surface area contributed by atoms with Gasteiger partial charge in [0.25, 0.3) is 0 Å². The van der Waals surface area contributed by atoms with Crippen molar-refractivity contribution in [2.45, 2.75) is 6.42 Å². The third-order valence-electron chi connectivity index (χ3n) is 4.02. The number of nitrogens with one attached hydrogen (secondary N) is 1. The molecule has 0 saturated heterocycles. The SMILES string of the molecule is Nc1ccc(N2C(=O)CC(=O)Nc3c2ccc2cnccc32)cc1. The molecule has 2 heterocycles. The van der Waals surface area contributed by atoms with E-state index >= 15 is 0 Å². The first-order valence-electron chi connectivity index (χ1n) is 7.48. The van der Waals surface area contributed by atoms with Gasteiger partial charge in [-0.15, -0.1) is 0 Å². The lowest BCUT2D eigenvalue weighted by atomic mass is 10.1. The van der Waals surface area contributed by atoms with Crippen LogP contribution in [0.1, 0.15) is 6.42 Å². The minimum atomic E-state index is -0.330. The highest BCUT2D eigenvalue weighted by Crippen LogP contribution is 2.39. The van der Waals surface area contributed by atoms with Crippen LogP contribution in [0.15, 0.2) is 54.9 Å². The van der Waals surface area contributed by atoms with Crippen molar-refractivity contribution >= 4 is 45.3 Å². The quantitative estimate of drug-likeness (QED) is 0.533. The molecule has 2 amide bonds. The van der Waals surface area contributed by atoms with Crippen LogP contribution in [0.4, 0.5) is 22.7 Å². The van der Waals surface area contributed by atoms with E-state index in [0.717, 1.165) is 10.8 Å². The first-order valence-corrected chi connectivity index (χ1v) is 7.48. The molecule has 1 aliphatic heterocycles. The van der Waals surface area contributed by atoms with Crippen LogP contribution in [-0.2, 0) is 9.59 Å². The summed E-state index contributed by atoms with van der Waals surface area (Å²) < 4.78 is 0. The third kappa shape index (κ3) is 2.25. The molecule has 0 radical (unpaired) electrons. The molecule has 24 heavy (non-hydrogen) atoms. The molecule has 2 aromatic carbocycles. The van der Waals surface area contributed by atoms with Crippen LogP contribution in [0.5, 0.6) is 0 Å². The Labute approximate surface area is 137 Å². The lowest BCUT2D eigenvalue weighted by molar-refractivity contribution is -0.124. The van der Waals surface area contributed by atoms with Crippen molar-refractivity contribution < 1.29 is 9.59 Å². The van der Waals surface area contributed by atoms with Crippen LogP contribution in [-0.4, -0.2) is 16.8 Å². The summed E-state index contributed by atoms with van der Waals surface area (Å²) in [6.45, 7) is 0. The van der Waals surface area contributed by atoms with Crippen molar-refractivity contribution in [3.8, 4) is 0 Å². The zero-order valence-corrected chi connectivity index (χ0v) is 12.7. The number of nitrogens with two attached hydrogens (primary N) is 1. The van der Waals surface area contributed by atoms with E-state index in [1.807, 2.05) is 18.2 Å². The zero-order valence-electron chi connectivity index (χ0n) is 12.7. The number of hydrogen-bond acceptors (Lipinski definition) is 4. The van der Waals surface area contributed by atoms with E-state index in [2.05, 4.69) is 10.3 Å². The Kier molecular flexibility index (Phi) is 3.16. The second kappa shape index (κ2) is 5.34. The average molecular weight is 318 g/mol. The maximum atomic E-state index is 12.6. The van der Waals surface area contributed by atoms with Crippen molar-refractivity contribution in [3.05, 3.63) is 54.9 Å². The molecule has 0 spiro atoms. The van der Waals surface area contributed by atoms with Gasteiger partial charge in [0.2, 0.25) is 11.8 Å². The van der Waals surface area contributed by atoms with Crippen LogP contribution in [0.25, 0.3) is 10.8 Å². The largest absolute Gasteiger partial charge is 0.399 e. The molecular formula is C18H14N4O2. The Hall–Kier alpha value is -3.41. The molecule has 4 rings (SSSR count). The molecule has 0 saturated carbocycles. The standard InChI is InChI=1S/C18H14N4O2/c19-12-2-4-13(5-3-12)22-15-6-1-11-10-20-8-7-14(11)18(15)21-16(23)9-17(22)24/h1-8,10H,9,19H2,(H,21,23). The fourth-order valence-electron chi connectivity index (χ4n) is 2.92. The molecular weight excluding hydrogens is 304 g/mol. The molecule has 0 aliphatic carbocycles. The summed E-state index contributed by atoms with van der Waals surface area (Å²) in [6.07, 6.45) is 3.17. The van der Waals surface area contributed by atoms with Gasteiger partial charge in [-0.25, -0.2) is 0 Å². The maximum absolute atomic E-state index is 12.6. The fourth-order valence-corrected chi connectivity index (χ4v) is 2.92. The normalized spacial score (nSPS) is 14.2. The Balaban J connectivity index is 1.98. The van der Waals surface area contributed by atoms with E-state index in [1.54, 1.807) is 41.6 Å². The molecule has 0 bridgehead atoms. The number of nitrogens with zero attached hydrogens (tertiary/aromatic N) is 2. The molecule has 0 fully saturated rings. The van der Waals surface area contributed by atoms with Gasteiger partial charge in [-0.1, -0.05) is 6.07 Å². The van der Waals surface area contributed by atoms with Gasteiger partial charge in [-0.3, -0.25) is 19.5 Å². The van der Waals surface area contributed by atoms with E-state index < -0.39 is 0 Å². The van der Waals surface area contributed by atoms with Crippen molar-refractivity contribution in [2.24, 2.45) is 0 Å². The number of amides is 2. The summed E-state index contributed by atoms with van der Waals surface area (Å²) in [4.78, 5) is 30.4. The van der Waals surface area contributed by atoms with Gasteiger partial charge in [0.05, 0.1) is 11.4 Å². The van der Waals surface area contributed by atoms with E-state index in [4.69, 9.17) is 5.73 Å². The van der Waals surface area contributed by atoms with Crippen LogP contribution in [0, 0.1) is 0 Å². The summed E-state index contributed by atoms with van der Waals surface area (Å²) in [6, 6.07) is 12.5. The van der Waals surface area contributed by atoms with Gasteiger partial charge in [0.1, 0.15) is 6.42 Å². The lowest BCUT2D eigenvalue weighted by Crippen LogP contribution is -2.26. The second-order valence-electron chi connectivity index (χ2n) is 5.60. The van der Waals surface area contributed by atoms with E-state index in [1.165, 1.54) is 0 Å². The van der Waals surface area contributed by atoms with Gasteiger partial charge in [-0.2, -0.15) is 0 Å². The third-order valence-corrected chi connectivity index (χ3v) is 4.02. The molecule has 118 valence electrons. The van der Waals surface area contributed by atoms with Crippen molar-refractivity contribution in [3.63, 3.8) is 0 Å². The Bertz CT molecular complexity index is 966. The minimum absolute atomic E-state index is 0.217. The Morgan fingerprint density at radius 3 is 2.62 bits per heavy atom. The highest BCUT2D eigenvalue weighted by atomic mass is 16.2. The average Bonchev–Trinajstić information content (AvgIpc) is 2.71. The Morgan fingerprint density at radius 1 is 1.04 bits per heavy atom. The van der Waals surface area contributed by atoms with Gasteiger partial charge in [-0.05, 0) is 36.4 Å². The van der Waals surface area contributed by atoms with Gasteiger partial charge in [0.15, 0.2) is 0 Å². The summed E-state index contributed by atoms with van der Waals surface area (Å²) >= 11 is 0.